The maximum absolute atomic E-state index is 14.4. The van der Waals surface area contributed by atoms with Crippen molar-refractivity contribution in [3.05, 3.63) is 63.9 Å². The summed E-state index contributed by atoms with van der Waals surface area (Å²) in [6.07, 6.45) is 2.57. The second kappa shape index (κ2) is 12.4. The monoisotopic (exact) mass is 531 g/mol. The van der Waals surface area contributed by atoms with Crippen molar-refractivity contribution < 1.29 is 22.4 Å². The molecule has 1 unspecified atom stereocenters. The van der Waals surface area contributed by atoms with E-state index in [9.17, 15) is 22.4 Å². The molecular weight excluding hydrogens is 504 g/mol. The van der Waals surface area contributed by atoms with E-state index >= 15 is 0 Å². The van der Waals surface area contributed by atoms with Gasteiger partial charge in [-0.05, 0) is 37.6 Å². The first kappa shape index (κ1) is 27.9. The van der Waals surface area contributed by atoms with Crippen molar-refractivity contribution in [3.8, 4) is 0 Å². The number of nitrogens with one attached hydrogen (secondary N) is 1. The van der Waals surface area contributed by atoms with Crippen molar-refractivity contribution >= 4 is 50.7 Å². The van der Waals surface area contributed by atoms with Crippen molar-refractivity contribution in [3.63, 3.8) is 0 Å². The van der Waals surface area contributed by atoms with E-state index < -0.39 is 40.2 Å². The molecule has 0 aliphatic carbocycles. The van der Waals surface area contributed by atoms with Crippen LogP contribution in [0.2, 0.25) is 10.0 Å². The molecule has 7 nitrogen and oxygen atoms in total. The Bertz CT molecular complexity index is 1130. The summed E-state index contributed by atoms with van der Waals surface area (Å²) in [5.74, 6) is -1.66. The van der Waals surface area contributed by atoms with Crippen molar-refractivity contribution in [1.82, 2.24) is 10.2 Å². The van der Waals surface area contributed by atoms with Gasteiger partial charge in [-0.15, -0.1) is 0 Å². The Morgan fingerprint density at radius 2 is 1.82 bits per heavy atom. The van der Waals surface area contributed by atoms with Gasteiger partial charge in [0.1, 0.15) is 18.4 Å². The molecule has 0 saturated carbocycles. The summed E-state index contributed by atoms with van der Waals surface area (Å²) in [6, 6.07) is 9.10. The number of benzene rings is 2. The van der Waals surface area contributed by atoms with Gasteiger partial charge in [0.05, 0.1) is 17.0 Å². The molecule has 34 heavy (non-hydrogen) atoms. The van der Waals surface area contributed by atoms with Gasteiger partial charge in [-0.3, -0.25) is 13.9 Å². The van der Waals surface area contributed by atoms with Gasteiger partial charge in [0.25, 0.3) is 0 Å². The molecule has 0 heterocycles. The van der Waals surface area contributed by atoms with Crippen LogP contribution in [0.1, 0.15) is 32.3 Å². The lowest BCUT2D eigenvalue weighted by atomic mass is 10.1. The van der Waals surface area contributed by atoms with E-state index in [0.717, 1.165) is 28.3 Å². The van der Waals surface area contributed by atoms with E-state index in [2.05, 4.69) is 5.32 Å². The van der Waals surface area contributed by atoms with Gasteiger partial charge in [0.15, 0.2) is 0 Å². The second-order valence-corrected chi connectivity index (χ2v) is 10.5. The average Bonchev–Trinajstić information content (AvgIpc) is 2.76. The Labute approximate surface area is 209 Å². The molecule has 1 atom stereocenters. The second-order valence-electron chi connectivity index (χ2n) is 7.80. The first-order valence-corrected chi connectivity index (χ1v) is 13.3. The summed E-state index contributed by atoms with van der Waals surface area (Å²) in [7, 11) is -3.94. The number of sulfonamides is 1. The van der Waals surface area contributed by atoms with Crippen LogP contribution in [0.5, 0.6) is 0 Å². The lowest BCUT2D eigenvalue weighted by Crippen LogP contribution is -2.51. The third kappa shape index (κ3) is 7.58. The maximum atomic E-state index is 14.4. The predicted molar refractivity (Wildman–Crippen MR) is 133 cm³/mol. The number of halogens is 3. The van der Waals surface area contributed by atoms with Crippen LogP contribution in [-0.2, 0) is 26.2 Å². The van der Waals surface area contributed by atoms with E-state index in [1.807, 2.05) is 6.92 Å². The Kier molecular flexibility index (Phi) is 10.1. The Morgan fingerprint density at radius 1 is 1.15 bits per heavy atom. The topological polar surface area (TPSA) is 86.8 Å². The van der Waals surface area contributed by atoms with Crippen LogP contribution in [0.15, 0.2) is 42.5 Å². The van der Waals surface area contributed by atoms with Crippen molar-refractivity contribution in [1.29, 1.82) is 0 Å². The fourth-order valence-corrected chi connectivity index (χ4v) is 4.63. The van der Waals surface area contributed by atoms with Crippen LogP contribution in [0.4, 0.5) is 10.1 Å². The minimum absolute atomic E-state index is 0.0386. The number of amides is 2. The summed E-state index contributed by atoms with van der Waals surface area (Å²) in [5, 5.41) is 3.09. The predicted octanol–water partition coefficient (Wildman–Crippen LogP) is 4.23. The van der Waals surface area contributed by atoms with Gasteiger partial charge in [-0.25, -0.2) is 12.8 Å². The van der Waals surface area contributed by atoms with Gasteiger partial charge in [-0.2, -0.15) is 0 Å². The molecule has 0 saturated heterocycles. The van der Waals surface area contributed by atoms with Gasteiger partial charge in [0.2, 0.25) is 21.8 Å². The summed E-state index contributed by atoms with van der Waals surface area (Å²) in [6.45, 7) is 3.06. The summed E-state index contributed by atoms with van der Waals surface area (Å²) in [4.78, 5) is 27.3. The van der Waals surface area contributed by atoms with Crippen LogP contribution >= 0.6 is 23.2 Å². The van der Waals surface area contributed by atoms with Crippen molar-refractivity contribution in [2.45, 2.75) is 39.3 Å². The molecule has 2 aromatic carbocycles. The Balaban J connectivity index is 2.39. The first-order chi connectivity index (χ1) is 16.0. The minimum atomic E-state index is -3.94. The number of hydrogen-bond acceptors (Lipinski definition) is 4. The zero-order valence-electron chi connectivity index (χ0n) is 19.2. The molecular formula is C23H28Cl2FN3O4S. The van der Waals surface area contributed by atoms with E-state index in [1.165, 1.54) is 43.3 Å². The van der Waals surface area contributed by atoms with E-state index in [-0.39, 0.29) is 22.8 Å². The van der Waals surface area contributed by atoms with Crippen LogP contribution in [0, 0.1) is 5.82 Å². The maximum Gasteiger partial charge on any atom is 0.244 e. The lowest BCUT2D eigenvalue weighted by Gasteiger charge is -2.31. The zero-order valence-corrected chi connectivity index (χ0v) is 21.6. The number of unbranched alkanes of at least 4 members (excludes halogenated alkanes) is 1. The van der Waals surface area contributed by atoms with E-state index in [0.29, 0.717) is 11.6 Å². The largest absolute Gasteiger partial charge is 0.354 e. The highest BCUT2D eigenvalue weighted by Gasteiger charge is 2.31. The molecule has 0 fully saturated rings. The summed E-state index contributed by atoms with van der Waals surface area (Å²) >= 11 is 12.1. The fourth-order valence-electron chi connectivity index (χ4n) is 3.21. The third-order valence-corrected chi connectivity index (χ3v) is 6.82. The molecule has 186 valence electrons. The Morgan fingerprint density at radius 3 is 2.41 bits per heavy atom. The molecule has 2 rings (SSSR count). The molecule has 0 bridgehead atoms. The highest BCUT2D eigenvalue weighted by Crippen LogP contribution is 2.30. The number of rotatable bonds is 11. The summed E-state index contributed by atoms with van der Waals surface area (Å²) < 4.78 is 40.3. The van der Waals surface area contributed by atoms with Crippen molar-refractivity contribution in [2.24, 2.45) is 0 Å². The number of hydrogen-bond donors (Lipinski definition) is 1. The molecule has 2 amide bonds. The SMILES string of the molecule is CCCCNC(=O)C(C)N(Cc1ccccc1F)C(=O)CN(c1ccc(Cl)cc1Cl)S(C)(=O)=O. The highest BCUT2D eigenvalue weighted by atomic mass is 35.5. The van der Waals surface area contributed by atoms with E-state index in [4.69, 9.17) is 23.2 Å². The molecule has 0 aliphatic rings. The standard InChI is InChI=1S/C23H28Cl2FN3O4S/c1-4-5-12-27-23(31)16(2)28(14-17-8-6-7-9-20(17)26)22(30)15-29(34(3,32)33)21-11-10-18(24)13-19(21)25/h6-11,13,16H,4-5,12,14-15H2,1-3H3,(H,27,31). The van der Waals surface area contributed by atoms with Crippen LogP contribution < -0.4 is 9.62 Å². The molecule has 1 N–H and O–H groups in total. The van der Waals surface area contributed by atoms with E-state index in [1.54, 1.807) is 6.07 Å². The van der Waals surface area contributed by atoms with Gasteiger partial charge in [0, 0.05) is 23.7 Å². The molecule has 0 radical (unpaired) electrons. The van der Waals surface area contributed by atoms with Gasteiger partial charge < -0.3 is 10.2 Å². The van der Waals surface area contributed by atoms with Gasteiger partial charge in [-0.1, -0.05) is 54.7 Å². The normalized spacial score (nSPS) is 12.2. The molecule has 11 heteroatoms. The molecule has 0 aromatic heterocycles. The fraction of sp³-hybridized carbons (Fsp3) is 0.391. The average molecular weight is 532 g/mol. The third-order valence-electron chi connectivity index (χ3n) is 5.15. The van der Waals surface area contributed by atoms with Crippen LogP contribution in [0.3, 0.4) is 0 Å². The number of carbonyl (C=O) groups is 2. The van der Waals surface area contributed by atoms with Crippen LogP contribution in [-0.4, -0.2) is 50.5 Å². The number of nitrogens with zero attached hydrogens (tertiary/aromatic N) is 2. The molecule has 0 spiro atoms. The zero-order chi connectivity index (χ0) is 25.5. The minimum Gasteiger partial charge on any atom is -0.354 e. The highest BCUT2D eigenvalue weighted by molar-refractivity contribution is 7.92. The van der Waals surface area contributed by atoms with Crippen molar-refractivity contribution in [2.75, 3.05) is 23.7 Å². The molecule has 0 aliphatic heterocycles. The van der Waals surface area contributed by atoms with Crippen LogP contribution in [0.25, 0.3) is 0 Å². The smallest absolute Gasteiger partial charge is 0.244 e. The summed E-state index contributed by atoms with van der Waals surface area (Å²) in [5.41, 5.74) is 0.257. The number of carbonyl (C=O) groups excluding carboxylic acids is 2. The molecule has 2 aromatic rings. The van der Waals surface area contributed by atoms with Gasteiger partial charge >= 0.3 is 0 Å². The quantitative estimate of drug-likeness (QED) is 0.439. The Hall–Kier alpha value is -2.36. The first-order valence-electron chi connectivity index (χ1n) is 10.7. The lowest BCUT2D eigenvalue weighted by molar-refractivity contribution is -0.139. The number of anilines is 1.